The minimum Gasteiger partial charge on any atom is -0.476 e. The summed E-state index contributed by atoms with van der Waals surface area (Å²) in [6, 6.07) is 7.32. The summed E-state index contributed by atoms with van der Waals surface area (Å²) in [5, 5.41) is 20.9. The van der Waals surface area contributed by atoms with Crippen molar-refractivity contribution in [3.63, 3.8) is 0 Å². The molecule has 0 aliphatic carbocycles. The molecule has 0 fully saturated rings. The second-order valence-electron chi connectivity index (χ2n) is 4.23. The van der Waals surface area contributed by atoms with Crippen LogP contribution >= 0.6 is 11.3 Å². The molecule has 7 nitrogen and oxygen atoms in total. The number of fused-ring (bicyclic) bond motifs is 1. The van der Waals surface area contributed by atoms with E-state index in [0.717, 1.165) is 10.9 Å². The van der Waals surface area contributed by atoms with Gasteiger partial charge in [-0.25, -0.2) is 9.78 Å². The fourth-order valence-electron chi connectivity index (χ4n) is 1.87. The number of hydrogen-bond acceptors (Lipinski definition) is 5. The maximum Gasteiger partial charge on any atom is 0.355 e. The highest BCUT2D eigenvalue weighted by molar-refractivity contribution is 7.09. The highest BCUT2D eigenvalue weighted by Crippen LogP contribution is 2.15. The minimum atomic E-state index is -1.08. The number of carboxylic acids is 1. The lowest BCUT2D eigenvalue weighted by atomic mass is 10.2. The van der Waals surface area contributed by atoms with Crippen LogP contribution in [0, 0.1) is 0 Å². The van der Waals surface area contributed by atoms with Gasteiger partial charge in [0.2, 0.25) is 0 Å². The van der Waals surface area contributed by atoms with Crippen molar-refractivity contribution in [2.24, 2.45) is 0 Å². The number of benzene rings is 1. The Morgan fingerprint density at radius 2 is 2.14 bits per heavy atom. The van der Waals surface area contributed by atoms with Crippen LogP contribution in [0.3, 0.4) is 0 Å². The number of thiazole rings is 1. The van der Waals surface area contributed by atoms with Gasteiger partial charge in [0, 0.05) is 10.8 Å². The van der Waals surface area contributed by atoms with Gasteiger partial charge >= 0.3 is 5.97 Å². The van der Waals surface area contributed by atoms with Gasteiger partial charge in [0.15, 0.2) is 11.4 Å². The number of carbonyl (C=O) groups is 2. The van der Waals surface area contributed by atoms with Gasteiger partial charge in [0.05, 0.1) is 12.1 Å². The summed E-state index contributed by atoms with van der Waals surface area (Å²) >= 11 is 1.19. The van der Waals surface area contributed by atoms with Crippen LogP contribution in [0.1, 0.15) is 26.0 Å². The van der Waals surface area contributed by atoms with Crippen LogP contribution in [0.5, 0.6) is 0 Å². The number of carbonyl (C=O) groups excluding carboxylic acids is 1. The van der Waals surface area contributed by atoms with Gasteiger partial charge < -0.3 is 10.4 Å². The minimum absolute atomic E-state index is 0.0190. The Bertz CT molecular complexity index is 824. The molecule has 0 saturated carbocycles. The smallest absolute Gasteiger partial charge is 0.355 e. The monoisotopic (exact) mass is 302 g/mol. The van der Waals surface area contributed by atoms with Crippen LogP contribution in [-0.4, -0.2) is 32.2 Å². The number of nitrogens with one attached hydrogen (secondary N) is 2. The van der Waals surface area contributed by atoms with E-state index < -0.39 is 5.97 Å². The molecule has 0 atom stereocenters. The number of amides is 1. The zero-order valence-electron chi connectivity index (χ0n) is 10.7. The van der Waals surface area contributed by atoms with E-state index in [-0.39, 0.29) is 18.1 Å². The number of para-hydroxylation sites is 1. The van der Waals surface area contributed by atoms with Crippen LogP contribution in [-0.2, 0) is 6.54 Å². The highest BCUT2D eigenvalue weighted by atomic mass is 32.1. The molecule has 1 amide bonds. The molecule has 1 aromatic carbocycles. The number of aromatic nitrogens is 3. The molecule has 0 bridgehead atoms. The number of aromatic amines is 1. The zero-order valence-corrected chi connectivity index (χ0v) is 11.5. The summed E-state index contributed by atoms with van der Waals surface area (Å²) in [7, 11) is 0. The van der Waals surface area contributed by atoms with Gasteiger partial charge in [0.25, 0.3) is 5.91 Å². The van der Waals surface area contributed by atoms with Crippen molar-refractivity contribution < 1.29 is 14.7 Å². The predicted octanol–water partition coefficient (Wildman–Crippen LogP) is 1.65. The molecule has 2 aromatic heterocycles. The van der Waals surface area contributed by atoms with Crippen molar-refractivity contribution in [3.05, 3.63) is 46.0 Å². The van der Waals surface area contributed by atoms with Crippen molar-refractivity contribution in [3.8, 4) is 0 Å². The maximum absolute atomic E-state index is 12.1. The molecule has 0 unspecified atom stereocenters. The lowest BCUT2D eigenvalue weighted by Gasteiger charge is -2.00. The van der Waals surface area contributed by atoms with E-state index in [1.54, 1.807) is 6.07 Å². The molecule has 3 N–H and O–H groups in total. The maximum atomic E-state index is 12.1. The van der Waals surface area contributed by atoms with E-state index in [2.05, 4.69) is 20.5 Å². The van der Waals surface area contributed by atoms with Gasteiger partial charge in [-0.05, 0) is 6.07 Å². The molecule has 2 heterocycles. The molecular formula is C13H10N4O3S. The van der Waals surface area contributed by atoms with E-state index in [0.29, 0.717) is 10.7 Å². The quantitative estimate of drug-likeness (QED) is 0.679. The molecule has 0 aliphatic rings. The molecule has 0 aliphatic heterocycles. The van der Waals surface area contributed by atoms with Crippen LogP contribution in [0.15, 0.2) is 29.6 Å². The highest BCUT2D eigenvalue weighted by Gasteiger charge is 2.14. The molecule has 3 rings (SSSR count). The molecule has 8 heteroatoms. The third-order valence-corrected chi connectivity index (χ3v) is 3.71. The second-order valence-corrected chi connectivity index (χ2v) is 5.17. The van der Waals surface area contributed by atoms with Gasteiger partial charge in [-0.1, -0.05) is 18.2 Å². The second kappa shape index (κ2) is 5.33. The van der Waals surface area contributed by atoms with E-state index in [1.807, 2.05) is 18.2 Å². The van der Waals surface area contributed by atoms with Crippen molar-refractivity contribution >= 4 is 34.1 Å². The number of H-pyrrole nitrogens is 1. The van der Waals surface area contributed by atoms with Gasteiger partial charge in [-0.3, -0.25) is 9.89 Å². The molecule has 21 heavy (non-hydrogen) atoms. The number of hydrogen-bond donors (Lipinski definition) is 3. The van der Waals surface area contributed by atoms with Gasteiger partial charge in [-0.2, -0.15) is 5.10 Å². The summed E-state index contributed by atoms with van der Waals surface area (Å²) in [6.07, 6.45) is 0. The summed E-state index contributed by atoms with van der Waals surface area (Å²) < 4.78 is 0. The third-order valence-electron chi connectivity index (χ3n) is 2.86. The van der Waals surface area contributed by atoms with E-state index in [1.165, 1.54) is 16.7 Å². The van der Waals surface area contributed by atoms with E-state index in [9.17, 15) is 9.59 Å². The number of aromatic carboxylic acids is 1. The standard InChI is InChI=1S/C13H10N4O3S/c18-12(11-7-3-1-2-4-8(7)16-17-11)14-5-10-15-9(6-21-10)13(19)20/h1-4,6H,5H2,(H,14,18)(H,16,17)(H,19,20). The molecule has 0 spiro atoms. The fourth-order valence-corrected chi connectivity index (χ4v) is 2.57. The number of rotatable bonds is 4. The average molecular weight is 302 g/mol. The normalized spacial score (nSPS) is 10.7. The first-order chi connectivity index (χ1) is 10.1. The average Bonchev–Trinajstić information content (AvgIpc) is 3.11. The Hall–Kier alpha value is -2.74. The van der Waals surface area contributed by atoms with Crippen molar-refractivity contribution in [1.29, 1.82) is 0 Å². The van der Waals surface area contributed by atoms with Crippen LogP contribution in [0.2, 0.25) is 0 Å². The topological polar surface area (TPSA) is 108 Å². The predicted molar refractivity (Wildman–Crippen MR) is 76.3 cm³/mol. The summed E-state index contributed by atoms with van der Waals surface area (Å²) in [6.45, 7) is 0.165. The Morgan fingerprint density at radius 1 is 1.33 bits per heavy atom. The SMILES string of the molecule is O=C(O)c1csc(CNC(=O)c2n[nH]c3ccccc23)n1. The summed E-state index contributed by atoms with van der Waals surface area (Å²) in [5.74, 6) is -1.42. The number of carboxylic acid groups (broad SMARTS) is 1. The number of nitrogens with zero attached hydrogens (tertiary/aromatic N) is 2. The molecule has 3 aromatic rings. The Labute approximate surface area is 122 Å². The van der Waals surface area contributed by atoms with Crippen molar-refractivity contribution in [2.75, 3.05) is 0 Å². The Kier molecular flexibility index (Phi) is 3.36. The first-order valence-electron chi connectivity index (χ1n) is 6.04. The molecular weight excluding hydrogens is 292 g/mol. The van der Waals surface area contributed by atoms with Crippen molar-refractivity contribution in [2.45, 2.75) is 6.54 Å². The molecule has 106 valence electrons. The van der Waals surface area contributed by atoms with Crippen LogP contribution < -0.4 is 5.32 Å². The Morgan fingerprint density at radius 3 is 2.90 bits per heavy atom. The van der Waals surface area contributed by atoms with Crippen LogP contribution in [0.25, 0.3) is 10.9 Å². The van der Waals surface area contributed by atoms with Crippen molar-refractivity contribution in [1.82, 2.24) is 20.5 Å². The summed E-state index contributed by atoms with van der Waals surface area (Å²) in [5.41, 5.74) is 1.07. The summed E-state index contributed by atoms with van der Waals surface area (Å²) in [4.78, 5) is 26.7. The lowest BCUT2D eigenvalue weighted by molar-refractivity contribution is 0.0691. The van der Waals surface area contributed by atoms with E-state index in [4.69, 9.17) is 5.11 Å². The first kappa shape index (κ1) is 13.3. The molecule has 0 radical (unpaired) electrons. The Balaban J connectivity index is 1.72. The first-order valence-corrected chi connectivity index (χ1v) is 6.92. The van der Waals surface area contributed by atoms with Gasteiger partial charge in [0.1, 0.15) is 5.01 Å². The van der Waals surface area contributed by atoms with Gasteiger partial charge in [-0.15, -0.1) is 11.3 Å². The fraction of sp³-hybridized carbons (Fsp3) is 0.0769. The third kappa shape index (κ3) is 2.61. The van der Waals surface area contributed by atoms with Crippen LogP contribution in [0.4, 0.5) is 0 Å². The zero-order chi connectivity index (χ0) is 14.8. The molecule has 0 saturated heterocycles. The lowest BCUT2D eigenvalue weighted by Crippen LogP contribution is -2.23. The van der Waals surface area contributed by atoms with E-state index >= 15 is 0 Å². The largest absolute Gasteiger partial charge is 0.476 e.